The quantitative estimate of drug-likeness (QED) is 0.590. The van der Waals surface area contributed by atoms with Crippen molar-refractivity contribution in [2.24, 2.45) is 0 Å². The maximum absolute atomic E-state index is 12.3. The number of ether oxygens (including phenoxy) is 1. The van der Waals surface area contributed by atoms with Crippen LogP contribution in [0.5, 0.6) is 0 Å². The lowest BCUT2D eigenvalue weighted by atomic mass is 10.2. The summed E-state index contributed by atoms with van der Waals surface area (Å²) in [5.41, 5.74) is 1.06. The van der Waals surface area contributed by atoms with Crippen molar-refractivity contribution in [3.8, 4) is 0 Å². The molecule has 14 heavy (non-hydrogen) atoms. The standard InChI is InChI=1S/C12H19FO/c1-5-12(7-6-11(4)13)8-9-14-10(2)3/h6-8,10H,4-5,9H2,1-3H3/b7-6-,12-8+. The van der Waals surface area contributed by atoms with Gasteiger partial charge in [0.15, 0.2) is 0 Å². The Kier molecular flexibility index (Phi) is 7.03. The van der Waals surface area contributed by atoms with Gasteiger partial charge in [-0.15, -0.1) is 0 Å². The van der Waals surface area contributed by atoms with Gasteiger partial charge in [-0.3, -0.25) is 0 Å². The molecule has 80 valence electrons. The molecule has 0 amide bonds. The van der Waals surface area contributed by atoms with E-state index in [1.54, 1.807) is 6.08 Å². The second kappa shape index (κ2) is 7.51. The topological polar surface area (TPSA) is 9.23 Å². The van der Waals surface area contributed by atoms with E-state index in [-0.39, 0.29) is 6.10 Å². The van der Waals surface area contributed by atoms with Crippen LogP contribution in [0.2, 0.25) is 0 Å². The summed E-state index contributed by atoms with van der Waals surface area (Å²) >= 11 is 0. The predicted octanol–water partition coefficient (Wildman–Crippen LogP) is 3.79. The fraction of sp³-hybridized carbons (Fsp3) is 0.500. The van der Waals surface area contributed by atoms with E-state index in [0.717, 1.165) is 12.0 Å². The first-order chi connectivity index (χ1) is 6.56. The monoisotopic (exact) mass is 198 g/mol. The Morgan fingerprint density at radius 2 is 2.07 bits per heavy atom. The van der Waals surface area contributed by atoms with Gasteiger partial charge in [0, 0.05) is 0 Å². The van der Waals surface area contributed by atoms with Gasteiger partial charge in [-0.25, -0.2) is 4.39 Å². The number of rotatable bonds is 6. The minimum Gasteiger partial charge on any atom is -0.375 e. The Labute approximate surface area is 86.0 Å². The summed E-state index contributed by atoms with van der Waals surface area (Å²) in [5.74, 6) is -0.422. The minimum absolute atomic E-state index is 0.226. The van der Waals surface area contributed by atoms with E-state index in [1.165, 1.54) is 6.08 Å². The van der Waals surface area contributed by atoms with Crippen molar-refractivity contribution in [2.75, 3.05) is 6.61 Å². The van der Waals surface area contributed by atoms with Crippen LogP contribution in [-0.2, 0) is 4.74 Å². The Balaban J connectivity index is 4.05. The molecule has 0 fully saturated rings. The molecule has 0 saturated heterocycles. The first-order valence-electron chi connectivity index (χ1n) is 4.89. The summed E-state index contributed by atoms with van der Waals surface area (Å²) in [7, 11) is 0. The lowest BCUT2D eigenvalue weighted by Crippen LogP contribution is -2.02. The second-order valence-electron chi connectivity index (χ2n) is 3.29. The van der Waals surface area contributed by atoms with E-state index in [4.69, 9.17) is 4.74 Å². The molecular formula is C12H19FO. The third-order valence-electron chi connectivity index (χ3n) is 1.66. The molecule has 0 bridgehead atoms. The molecule has 0 aliphatic rings. The summed E-state index contributed by atoms with van der Waals surface area (Å²) in [5, 5.41) is 0. The van der Waals surface area contributed by atoms with Crippen LogP contribution in [0.15, 0.2) is 36.2 Å². The van der Waals surface area contributed by atoms with Gasteiger partial charge in [0.05, 0.1) is 12.7 Å². The fourth-order valence-electron chi connectivity index (χ4n) is 0.875. The zero-order valence-electron chi connectivity index (χ0n) is 9.22. The van der Waals surface area contributed by atoms with Crippen molar-refractivity contribution < 1.29 is 9.13 Å². The minimum atomic E-state index is -0.422. The van der Waals surface area contributed by atoms with E-state index in [0.29, 0.717) is 6.61 Å². The first-order valence-corrected chi connectivity index (χ1v) is 4.89. The van der Waals surface area contributed by atoms with Crippen molar-refractivity contribution in [2.45, 2.75) is 33.3 Å². The largest absolute Gasteiger partial charge is 0.375 e. The third-order valence-corrected chi connectivity index (χ3v) is 1.66. The van der Waals surface area contributed by atoms with Gasteiger partial charge in [0.25, 0.3) is 0 Å². The van der Waals surface area contributed by atoms with Gasteiger partial charge < -0.3 is 4.74 Å². The van der Waals surface area contributed by atoms with Gasteiger partial charge in [-0.05, 0) is 31.9 Å². The van der Waals surface area contributed by atoms with Gasteiger partial charge >= 0.3 is 0 Å². The van der Waals surface area contributed by atoms with Crippen LogP contribution in [0.4, 0.5) is 4.39 Å². The van der Waals surface area contributed by atoms with Crippen LogP contribution in [0.25, 0.3) is 0 Å². The zero-order chi connectivity index (χ0) is 11.0. The molecule has 1 nitrogen and oxygen atoms in total. The highest BCUT2D eigenvalue weighted by atomic mass is 19.1. The maximum atomic E-state index is 12.3. The highest BCUT2D eigenvalue weighted by molar-refractivity contribution is 5.23. The summed E-state index contributed by atoms with van der Waals surface area (Å²) in [6.07, 6.45) is 6.14. The van der Waals surface area contributed by atoms with Crippen molar-refractivity contribution in [1.82, 2.24) is 0 Å². The molecule has 0 spiro atoms. The highest BCUT2D eigenvalue weighted by Gasteiger charge is 1.92. The average Bonchev–Trinajstić information content (AvgIpc) is 2.10. The highest BCUT2D eigenvalue weighted by Crippen LogP contribution is 2.05. The maximum Gasteiger partial charge on any atom is 0.116 e. The summed E-state index contributed by atoms with van der Waals surface area (Å²) in [6.45, 7) is 9.72. The van der Waals surface area contributed by atoms with E-state index in [9.17, 15) is 4.39 Å². The molecule has 0 radical (unpaired) electrons. The number of halogens is 1. The Morgan fingerprint density at radius 1 is 1.43 bits per heavy atom. The van der Waals surface area contributed by atoms with Crippen molar-refractivity contribution in [3.63, 3.8) is 0 Å². The van der Waals surface area contributed by atoms with Gasteiger partial charge in [0.1, 0.15) is 5.83 Å². The summed E-state index contributed by atoms with van der Waals surface area (Å²) in [4.78, 5) is 0. The molecule has 0 rings (SSSR count). The van der Waals surface area contributed by atoms with Gasteiger partial charge in [-0.2, -0.15) is 0 Å². The van der Waals surface area contributed by atoms with Crippen molar-refractivity contribution in [1.29, 1.82) is 0 Å². The van der Waals surface area contributed by atoms with E-state index in [1.807, 2.05) is 26.8 Å². The third kappa shape index (κ3) is 7.74. The molecule has 0 aromatic rings. The molecule has 0 aromatic carbocycles. The number of allylic oxidation sites excluding steroid dienone is 4. The number of hydrogen-bond acceptors (Lipinski definition) is 1. The van der Waals surface area contributed by atoms with Gasteiger partial charge in [0.2, 0.25) is 0 Å². The van der Waals surface area contributed by atoms with E-state index >= 15 is 0 Å². The molecule has 0 unspecified atom stereocenters. The van der Waals surface area contributed by atoms with Crippen LogP contribution in [0.3, 0.4) is 0 Å². The molecule has 0 N–H and O–H groups in total. The Hall–Kier alpha value is -0.890. The molecule has 0 aliphatic carbocycles. The van der Waals surface area contributed by atoms with Crippen molar-refractivity contribution >= 4 is 0 Å². The lowest BCUT2D eigenvalue weighted by molar-refractivity contribution is 0.102. The zero-order valence-corrected chi connectivity index (χ0v) is 9.22. The predicted molar refractivity (Wildman–Crippen MR) is 58.9 cm³/mol. The fourth-order valence-corrected chi connectivity index (χ4v) is 0.875. The SMILES string of the molecule is C=C(F)/C=C\C(=C\COC(C)C)CC. The molecule has 0 heterocycles. The van der Waals surface area contributed by atoms with Gasteiger partial charge in [-0.1, -0.05) is 25.7 Å². The van der Waals surface area contributed by atoms with E-state index < -0.39 is 5.83 Å². The lowest BCUT2D eigenvalue weighted by Gasteiger charge is -2.04. The number of hydrogen-bond donors (Lipinski definition) is 0. The summed E-state index contributed by atoms with van der Waals surface area (Å²) in [6, 6.07) is 0. The molecule has 0 aliphatic heterocycles. The molecule has 0 aromatic heterocycles. The van der Waals surface area contributed by atoms with Crippen LogP contribution in [0, 0.1) is 0 Å². The molecule has 0 atom stereocenters. The Bertz CT molecular complexity index is 226. The van der Waals surface area contributed by atoms with Crippen LogP contribution >= 0.6 is 0 Å². The molecular weight excluding hydrogens is 179 g/mol. The Morgan fingerprint density at radius 3 is 2.50 bits per heavy atom. The smallest absolute Gasteiger partial charge is 0.116 e. The summed E-state index contributed by atoms with van der Waals surface area (Å²) < 4.78 is 17.7. The normalized spacial score (nSPS) is 12.8. The molecule has 0 saturated carbocycles. The van der Waals surface area contributed by atoms with Crippen molar-refractivity contribution in [3.05, 3.63) is 36.2 Å². The van der Waals surface area contributed by atoms with Crippen LogP contribution < -0.4 is 0 Å². The average molecular weight is 198 g/mol. The second-order valence-corrected chi connectivity index (χ2v) is 3.29. The first kappa shape index (κ1) is 13.1. The van der Waals surface area contributed by atoms with Crippen LogP contribution in [-0.4, -0.2) is 12.7 Å². The van der Waals surface area contributed by atoms with E-state index in [2.05, 4.69) is 6.58 Å². The van der Waals surface area contributed by atoms with Crippen LogP contribution in [0.1, 0.15) is 27.2 Å². The molecule has 2 heteroatoms.